The Hall–Kier alpha value is -2.66. The molecule has 0 saturated heterocycles. The van der Waals surface area contributed by atoms with E-state index in [1.807, 2.05) is 54.9 Å². The number of benzene rings is 1. The van der Waals surface area contributed by atoms with Crippen molar-refractivity contribution in [1.29, 1.82) is 0 Å². The molecule has 23 heavy (non-hydrogen) atoms. The van der Waals surface area contributed by atoms with E-state index in [0.717, 1.165) is 22.4 Å². The Kier molecular flexibility index (Phi) is 4.68. The number of hydrogen-bond donors (Lipinski definition) is 2. The number of urea groups is 1. The van der Waals surface area contributed by atoms with Crippen LogP contribution in [-0.2, 0) is 6.54 Å². The molecule has 0 spiro atoms. The van der Waals surface area contributed by atoms with Crippen LogP contribution in [-0.4, -0.2) is 11.0 Å². The van der Waals surface area contributed by atoms with Gasteiger partial charge in [0.25, 0.3) is 0 Å². The Morgan fingerprint density at radius 2 is 2.09 bits per heavy atom. The molecule has 2 amide bonds. The summed E-state index contributed by atoms with van der Waals surface area (Å²) < 4.78 is 0. The Balaban J connectivity index is 1.60. The third kappa shape index (κ3) is 4.17. The van der Waals surface area contributed by atoms with Gasteiger partial charge in [-0.25, -0.2) is 4.79 Å². The van der Waals surface area contributed by atoms with Crippen molar-refractivity contribution in [3.05, 3.63) is 71.4 Å². The molecule has 1 aromatic carbocycles. The second-order valence-corrected chi connectivity index (χ2v) is 6.18. The summed E-state index contributed by atoms with van der Waals surface area (Å²) in [6.45, 7) is 2.43. The van der Waals surface area contributed by atoms with Crippen molar-refractivity contribution >= 4 is 23.1 Å². The lowest BCUT2D eigenvalue weighted by atomic mass is 10.2. The van der Waals surface area contributed by atoms with Crippen molar-refractivity contribution in [2.45, 2.75) is 13.5 Å². The Morgan fingerprint density at radius 3 is 2.87 bits per heavy atom. The average molecular weight is 323 g/mol. The summed E-state index contributed by atoms with van der Waals surface area (Å²) in [7, 11) is 0. The lowest BCUT2D eigenvalue weighted by Crippen LogP contribution is -2.28. The van der Waals surface area contributed by atoms with Crippen LogP contribution in [0.1, 0.15) is 11.1 Å². The van der Waals surface area contributed by atoms with Crippen LogP contribution in [0.5, 0.6) is 0 Å². The molecule has 0 bridgehead atoms. The first-order valence-corrected chi connectivity index (χ1v) is 8.18. The lowest BCUT2D eigenvalue weighted by molar-refractivity contribution is 0.251. The Morgan fingerprint density at radius 1 is 1.17 bits per heavy atom. The molecule has 4 nitrogen and oxygen atoms in total. The van der Waals surface area contributed by atoms with Gasteiger partial charge >= 0.3 is 6.03 Å². The third-order valence-corrected chi connectivity index (χ3v) is 4.25. The standard InChI is InChI=1S/C18H17N3OS/c1-13-4-2-5-16(8-13)21-18(22)20-11-14-9-15(12-19-10-14)17-6-3-7-23-17/h2-10,12H,11H2,1H3,(H2,20,21,22). The summed E-state index contributed by atoms with van der Waals surface area (Å²) in [5.74, 6) is 0. The van der Waals surface area contributed by atoms with Gasteiger partial charge in [-0.1, -0.05) is 18.2 Å². The molecule has 0 saturated carbocycles. The molecule has 2 aromatic heterocycles. The number of nitrogens with zero attached hydrogens (tertiary/aromatic N) is 1. The highest BCUT2D eigenvalue weighted by Gasteiger charge is 2.04. The topological polar surface area (TPSA) is 54.0 Å². The molecule has 0 unspecified atom stereocenters. The number of aromatic nitrogens is 1. The second-order valence-electron chi connectivity index (χ2n) is 5.24. The van der Waals surface area contributed by atoms with Crippen molar-refractivity contribution in [2.75, 3.05) is 5.32 Å². The highest BCUT2D eigenvalue weighted by atomic mass is 32.1. The minimum Gasteiger partial charge on any atom is -0.334 e. The molecule has 0 aliphatic carbocycles. The molecule has 0 radical (unpaired) electrons. The zero-order valence-electron chi connectivity index (χ0n) is 12.7. The number of hydrogen-bond acceptors (Lipinski definition) is 3. The van der Waals surface area contributed by atoms with Gasteiger partial charge in [0, 0.05) is 35.1 Å². The van der Waals surface area contributed by atoms with Gasteiger partial charge in [0.1, 0.15) is 0 Å². The zero-order valence-corrected chi connectivity index (χ0v) is 13.6. The summed E-state index contributed by atoms with van der Waals surface area (Å²) in [4.78, 5) is 17.4. The number of nitrogens with one attached hydrogen (secondary N) is 2. The number of amides is 2. The van der Waals surface area contributed by atoms with Crippen molar-refractivity contribution < 1.29 is 4.79 Å². The quantitative estimate of drug-likeness (QED) is 0.746. The molecular formula is C18H17N3OS. The van der Waals surface area contributed by atoms with E-state index < -0.39 is 0 Å². The van der Waals surface area contributed by atoms with Crippen LogP contribution in [0.15, 0.2) is 60.2 Å². The van der Waals surface area contributed by atoms with E-state index in [9.17, 15) is 4.79 Å². The number of carbonyl (C=O) groups is 1. The number of carbonyl (C=O) groups excluding carboxylic acids is 1. The first-order valence-electron chi connectivity index (χ1n) is 7.30. The van der Waals surface area contributed by atoms with Crippen LogP contribution in [0.2, 0.25) is 0 Å². The summed E-state index contributed by atoms with van der Waals surface area (Å²) in [5, 5.41) is 7.72. The number of anilines is 1. The van der Waals surface area contributed by atoms with Gasteiger partial charge < -0.3 is 10.6 Å². The predicted molar refractivity (Wildman–Crippen MR) is 94.6 cm³/mol. The molecule has 0 fully saturated rings. The van der Waals surface area contributed by atoms with Crippen molar-refractivity contribution in [1.82, 2.24) is 10.3 Å². The summed E-state index contributed by atoms with van der Waals surface area (Å²) in [5.41, 5.74) is 3.93. The molecule has 5 heteroatoms. The van der Waals surface area contributed by atoms with Gasteiger partial charge in [-0.05, 0) is 47.7 Å². The molecule has 0 aliphatic rings. The molecule has 0 atom stereocenters. The molecule has 3 aromatic rings. The van der Waals surface area contributed by atoms with Crippen LogP contribution in [0.4, 0.5) is 10.5 Å². The van der Waals surface area contributed by atoms with E-state index in [1.54, 1.807) is 17.5 Å². The minimum atomic E-state index is -0.225. The fourth-order valence-corrected chi connectivity index (χ4v) is 2.95. The van der Waals surface area contributed by atoms with Crippen LogP contribution in [0.3, 0.4) is 0 Å². The van der Waals surface area contributed by atoms with Gasteiger partial charge in [0.15, 0.2) is 0 Å². The molecular weight excluding hydrogens is 306 g/mol. The van der Waals surface area contributed by atoms with Crippen molar-refractivity contribution in [3.8, 4) is 10.4 Å². The average Bonchev–Trinajstić information content (AvgIpc) is 3.08. The van der Waals surface area contributed by atoms with E-state index in [-0.39, 0.29) is 6.03 Å². The van der Waals surface area contributed by atoms with Gasteiger partial charge in [-0.3, -0.25) is 4.98 Å². The van der Waals surface area contributed by atoms with E-state index in [4.69, 9.17) is 0 Å². The predicted octanol–water partition coefficient (Wildman–Crippen LogP) is 4.44. The fourth-order valence-electron chi connectivity index (χ4n) is 2.24. The van der Waals surface area contributed by atoms with E-state index in [1.165, 1.54) is 4.88 Å². The lowest BCUT2D eigenvalue weighted by Gasteiger charge is -2.08. The molecule has 2 N–H and O–H groups in total. The third-order valence-electron chi connectivity index (χ3n) is 3.33. The molecule has 3 rings (SSSR count). The highest BCUT2D eigenvalue weighted by Crippen LogP contribution is 2.24. The van der Waals surface area contributed by atoms with Gasteiger partial charge in [0.05, 0.1) is 0 Å². The van der Waals surface area contributed by atoms with Crippen molar-refractivity contribution in [2.24, 2.45) is 0 Å². The monoisotopic (exact) mass is 323 g/mol. The first-order chi connectivity index (χ1) is 11.2. The largest absolute Gasteiger partial charge is 0.334 e. The molecule has 2 heterocycles. The van der Waals surface area contributed by atoms with Gasteiger partial charge in [0.2, 0.25) is 0 Å². The zero-order chi connectivity index (χ0) is 16.1. The normalized spacial score (nSPS) is 10.3. The van der Waals surface area contributed by atoms with E-state index in [2.05, 4.69) is 21.7 Å². The smallest absolute Gasteiger partial charge is 0.319 e. The first kappa shape index (κ1) is 15.2. The van der Waals surface area contributed by atoms with Gasteiger partial charge in [-0.15, -0.1) is 11.3 Å². The van der Waals surface area contributed by atoms with Crippen molar-refractivity contribution in [3.63, 3.8) is 0 Å². The molecule has 116 valence electrons. The Labute approximate surface area is 139 Å². The van der Waals surface area contributed by atoms with Crippen LogP contribution in [0.25, 0.3) is 10.4 Å². The maximum Gasteiger partial charge on any atom is 0.319 e. The minimum absolute atomic E-state index is 0.225. The maximum atomic E-state index is 12.0. The number of aryl methyl sites for hydroxylation is 1. The highest BCUT2D eigenvalue weighted by molar-refractivity contribution is 7.13. The van der Waals surface area contributed by atoms with Crippen LogP contribution in [0, 0.1) is 6.92 Å². The molecule has 0 aliphatic heterocycles. The number of thiophene rings is 1. The van der Waals surface area contributed by atoms with Gasteiger partial charge in [-0.2, -0.15) is 0 Å². The Bertz CT molecular complexity index is 800. The second kappa shape index (κ2) is 7.07. The maximum absolute atomic E-state index is 12.0. The SMILES string of the molecule is Cc1cccc(NC(=O)NCc2cncc(-c3cccs3)c2)c1. The summed E-state index contributed by atoms with van der Waals surface area (Å²) >= 11 is 1.67. The van der Waals surface area contributed by atoms with E-state index in [0.29, 0.717) is 6.54 Å². The van der Waals surface area contributed by atoms with E-state index >= 15 is 0 Å². The number of pyridine rings is 1. The van der Waals surface area contributed by atoms with Crippen LogP contribution < -0.4 is 10.6 Å². The number of rotatable bonds is 4. The summed E-state index contributed by atoms with van der Waals surface area (Å²) in [6.07, 6.45) is 3.60. The summed E-state index contributed by atoms with van der Waals surface area (Å²) in [6, 6.07) is 13.6. The fraction of sp³-hybridized carbons (Fsp3) is 0.111. The van der Waals surface area contributed by atoms with Crippen LogP contribution >= 0.6 is 11.3 Å².